The van der Waals surface area contributed by atoms with Gasteiger partial charge >= 0.3 is 12.0 Å². The average Bonchev–Trinajstić information content (AvgIpc) is 2.81. The molecule has 2 rings (SSSR count). The third kappa shape index (κ3) is 3.25. The Labute approximate surface area is 122 Å². The second kappa shape index (κ2) is 6.01. The van der Waals surface area contributed by atoms with Gasteiger partial charge in [-0.2, -0.15) is 0 Å². The van der Waals surface area contributed by atoms with Crippen molar-refractivity contribution in [3.8, 4) is 5.75 Å². The summed E-state index contributed by atoms with van der Waals surface area (Å²) in [6, 6.07) is 3.71. The number of benzene rings is 1. The number of aliphatic hydroxyl groups is 1. The molecule has 1 aromatic carbocycles. The van der Waals surface area contributed by atoms with Gasteiger partial charge in [0.2, 0.25) is 0 Å². The van der Waals surface area contributed by atoms with E-state index in [1.165, 1.54) is 7.11 Å². The maximum Gasteiger partial charge on any atom is 0.326 e. The highest BCUT2D eigenvalue weighted by Crippen LogP contribution is 2.27. The first-order valence-electron chi connectivity index (χ1n) is 6.55. The molecule has 3 N–H and O–H groups in total. The summed E-state index contributed by atoms with van der Waals surface area (Å²) in [5.41, 5.74) is 1.40. The fraction of sp³-hybridized carbons (Fsp3) is 0.429. The molecule has 1 aromatic rings. The number of urea groups is 1. The molecule has 1 aliphatic heterocycles. The molecule has 1 aliphatic rings. The monoisotopic (exact) mass is 294 g/mol. The van der Waals surface area contributed by atoms with Crippen LogP contribution in [-0.4, -0.2) is 52.9 Å². The number of carboxylic acid groups (broad SMARTS) is 1. The fourth-order valence-electron chi connectivity index (χ4n) is 2.38. The van der Waals surface area contributed by atoms with Crippen molar-refractivity contribution in [3.63, 3.8) is 0 Å². The van der Waals surface area contributed by atoms with Crippen molar-refractivity contribution in [3.05, 3.63) is 23.8 Å². The third-order valence-corrected chi connectivity index (χ3v) is 3.42. The fourth-order valence-corrected chi connectivity index (χ4v) is 2.38. The quantitative estimate of drug-likeness (QED) is 0.774. The standard InChI is InChI=1S/C14H18N2O5/c1-8-3-4-12(21-2)10(5-8)15-14(20)16-7-9(17)6-11(16)13(18)19/h3-5,9,11,17H,6-7H2,1-2H3,(H,15,20)(H,18,19). The van der Waals surface area contributed by atoms with E-state index in [9.17, 15) is 14.7 Å². The number of aliphatic carboxylic acids is 1. The van der Waals surface area contributed by atoms with Crippen molar-refractivity contribution in [2.45, 2.75) is 25.5 Å². The molecule has 0 bridgehead atoms. The summed E-state index contributed by atoms with van der Waals surface area (Å²) >= 11 is 0. The second-order valence-electron chi connectivity index (χ2n) is 5.03. The van der Waals surface area contributed by atoms with Gasteiger partial charge in [-0.1, -0.05) is 6.07 Å². The van der Waals surface area contributed by atoms with Crippen LogP contribution in [0.3, 0.4) is 0 Å². The molecule has 0 radical (unpaired) electrons. The maximum absolute atomic E-state index is 12.2. The van der Waals surface area contributed by atoms with E-state index in [-0.39, 0.29) is 13.0 Å². The van der Waals surface area contributed by atoms with E-state index in [1.807, 2.05) is 13.0 Å². The molecule has 1 fully saturated rings. The van der Waals surface area contributed by atoms with E-state index in [0.717, 1.165) is 10.5 Å². The Balaban J connectivity index is 2.18. The molecule has 2 atom stereocenters. The molecule has 1 heterocycles. The Hall–Kier alpha value is -2.28. The van der Waals surface area contributed by atoms with Gasteiger partial charge in [0.25, 0.3) is 0 Å². The average molecular weight is 294 g/mol. The number of β-amino-alcohol motifs (C(OH)–C–C–N with tert-alkyl or cyclic N) is 1. The van der Waals surface area contributed by atoms with E-state index in [2.05, 4.69) is 5.32 Å². The number of amides is 2. The normalized spacial score (nSPS) is 21.2. The summed E-state index contributed by atoms with van der Waals surface area (Å²) in [4.78, 5) is 24.5. The molecular formula is C14H18N2O5. The SMILES string of the molecule is COc1ccc(C)cc1NC(=O)N1CC(O)CC1C(=O)O. The molecule has 7 nitrogen and oxygen atoms in total. The van der Waals surface area contributed by atoms with E-state index >= 15 is 0 Å². The van der Waals surface area contributed by atoms with Crippen LogP contribution in [0.25, 0.3) is 0 Å². The summed E-state index contributed by atoms with van der Waals surface area (Å²) in [5.74, 6) is -0.640. The molecular weight excluding hydrogens is 276 g/mol. The topological polar surface area (TPSA) is 99.1 Å². The minimum atomic E-state index is -1.13. The number of nitrogens with zero attached hydrogens (tertiary/aromatic N) is 1. The molecule has 7 heteroatoms. The Morgan fingerprint density at radius 1 is 1.43 bits per heavy atom. The van der Waals surface area contributed by atoms with Gasteiger partial charge in [-0.3, -0.25) is 0 Å². The number of anilines is 1. The van der Waals surface area contributed by atoms with Crippen molar-refractivity contribution in [2.24, 2.45) is 0 Å². The molecule has 0 spiro atoms. The highest BCUT2D eigenvalue weighted by atomic mass is 16.5. The Morgan fingerprint density at radius 2 is 2.14 bits per heavy atom. The lowest BCUT2D eigenvalue weighted by atomic mass is 10.2. The van der Waals surface area contributed by atoms with E-state index in [1.54, 1.807) is 12.1 Å². The zero-order valence-electron chi connectivity index (χ0n) is 11.9. The van der Waals surface area contributed by atoms with Gasteiger partial charge in [-0.25, -0.2) is 9.59 Å². The number of nitrogens with one attached hydrogen (secondary N) is 1. The maximum atomic E-state index is 12.2. The van der Waals surface area contributed by atoms with Crippen molar-refractivity contribution >= 4 is 17.7 Å². The summed E-state index contributed by atoms with van der Waals surface area (Å²) in [7, 11) is 1.49. The predicted octanol–water partition coefficient (Wildman–Crippen LogP) is 1.06. The number of aliphatic hydroxyl groups excluding tert-OH is 1. The summed E-state index contributed by atoms with van der Waals surface area (Å²) in [6.45, 7) is 1.87. The highest BCUT2D eigenvalue weighted by Gasteiger charge is 2.39. The van der Waals surface area contributed by atoms with Crippen LogP contribution < -0.4 is 10.1 Å². The van der Waals surface area contributed by atoms with Crippen LogP contribution in [0.5, 0.6) is 5.75 Å². The van der Waals surface area contributed by atoms with Gasteiger partial charge in [-0.15, -0.1) is 0 Å². The minimum absolute atomic E-state index is 0.00304. The summed E-state index contributed by atoms with van der Waals surface area (Å²) in [6.07, 6.45) is -0.787. The number of likely N-dealkylation sites (tertiary alicyclic amines) is 1. The molecule has 0 aromatic heterocycles. The van der Waals surface area contributed by atoms with Crippen molar-refractivity contribution in [2.75, 3.05) is 19.0 Å². The van der Waals surface area contributed by atoms with Gasteiger partial charge in [0.05, 0.1) is 18.9 Å². The number of methoxy groups -OCH3 is 1. The van der Waals surface area contributed by atoms with Crippen LogP contribution >= 0.6 is 0 Å². The second-order valence-corrected chi connectivity index (χ2v) is 5.03. The van der Waals surface area contributed by atoms with E-state index < -0.39 is 24.1 Å². The number of ether oxygens (including phenoxy) is 1. The number of carbonyl (C=O) groups is 2. The van der Waals surface area contributed by atoms with Gasteiger partial charge in [0.1, 0.15) is 11.8 Å². The third-order valence-electron chi connectivity index (χ3n) is 3.42. The molecule has 21 heavy (non-hydrogen) atoms. The van der Waals surface area contributed by atoms with E-state index in [4.69, 9.17) is 9.84 Å². The Morgan fingerprint density at radius 3 is 2.76 bits per heavy atom. The predicted molar refractivity (Wildman–Crippen MR) is 75.5 cm³/mol. The first-order valence-corrected chi connectivity index (χ1v) is 6.55. The number of carboxylic acids is 1. The molecule has 114 valence electrons. The van der Waals surface area contributed by atoms with Crippen LogP contribution in [0, 0.1) is 6.92 Å². The van der Waals surface area contributed by atoms with Gasteiger partial charge < -0.3 is 25.2 Å². The van der Waals surface area contributed by atoms with Crippen LogP contribution in [0.1, 0.15) is 12.0 Å². The first-order chi connectivity index (χ1) is 9.92. The Bertz CT molecular complexity index is 560. The van der Waals surface area contributed by atoms with Gasteiger partial charge in [-0.05, 0) is 24.6 Å². The summed E-state index contributed by atoms with van der Waals surface area (Å²) in [5, 5.41) is 21.3. The molecule has 0 saturated carbocycles. The van der Waals surface area contributed by atoms with Gasteiger partial charge in [0.15, 0.2) is 0 Å². The van der Waals surface area contributed by atoms with Crippen molar-refractivity contribution in [1.29, 1.82) is 0 Å². The Kier molecular flexibility index (Phi) is 4.32. The zero-order valence-corrected chi connectivity index (χ0v) is 11.9. The number of aryl methyl sites for hydroxylation is 1. The van der Waals surface area contributed by atoms with Crippen LogP contribution in [-0.2, 0) is 4.79 Å². The molecule has 2 amide bonds. The zero-order chi connectivity index (χ0) is 15.6. The molecule has 2 unspecified atom stereocenters. The van der Waals surface area contributed by atoms with Crippen molar-refractivity contribution in [1.82, 2.24) is 4.90 Å². The molecule has 1 saturated heterocycles. The van der Waals surface area contributed by atoms with Crippen molar-refractivity contribution < 1.29 is 24.5 Å². The lowest BCUT2D eigenvalue weighted by molar-refractivity contribution is -0.141. The largest absolute Gasteiger partial charge is 0.495 e. The number of hydrogen-bond donors (Lipinski definition) is 3. The number of carbonyl (C=O) groups excluding carboxylic acids is 1. The van der Waals surface area contributed by atoms with Gasteiger partial charge in [0, 0.05) is 13.0 Å². The lowest BCUT2D eigenvalue weighted by Crippen LogP contribution is -2.43. The van der Waals surface area contributed by atoms with E-state index in [0.29, 0.717) is 11.4 Å². The van der Waals surface area contributed by atoms with Crippen LogP contribution in [0.4, 0.5) is 10.5 Å². The molecule has 0 aliphatic carbocycles. The van der Waals surface area contributed by atoms with Crippen LogP contribution in [0.15, 0.2) is 18.2 Å². The number of rotatable bonds is 3. The van der Waals surface area contributed by atoms with Crippen LogP contribution in [0.2, 0.25) is 0 Å². The summed E-state index contributed by atoms with van der Waals surface area (Å²) < 4.78 is 5.16. The number of hydrogen-bond acceptors (Lipinski definition) is 4. The first kappa shape index (κ1) is 15.1. The smallest absolute Gasteiger partial charge is 0.326 e. The highest BCUT2D eigenvalue weighted by molar-refractivity contribution is 5.94. The minimum Gasteiger partial charge on any atom is -0.495 e. The lowest BCUT2D eigenvalue weighted by Gasteiger charge is -2.22.